The summed E-state index contributed by atoms with van der Waals surface area (Å²) in [6.07, 6.45) is 2.88. The van der Waals surface area contributed by atoms with E-state index in [1.807, 2.05) is 27.7 Å². The number of carbonyl (C=O) groups excluding carboxylic acids is 2. The first-order valence-corrected chi connectivity index (χ1v) is 7.00. The Morgan fingerprint density at radius 3 is 1.35 bits per heavy atom. The summed E-state index contributed by atoms with van der Waals surface area (Å²) in [7, 11) is 0. The third-order valence-corrected chi connectivity index (χ3v) is 3.20. The Hall–Kier alpha value is -1.98. The molecule has 0 radical (unpaired) electrons. The molecular weight excluding hydrogens is 256 g/mol. The van der Waals surface area contributed by atoms with Crippen molar-refractivity contribution >= 4 is 11.8 Å². The number of hydrogen-bond donors (Lipinski definition) is 0. The van der Waals surface area contributed by atoms with Gasteiger partial charge in [-0.1, -0.05) is 0 Å². The van der Waals surface area contributed by atoms with Crippen molar-refractivity contribution in [3.63, 3.8) is 0 Å². The lowest BCUT2D eigenvalue weighted by atomic mass is 10.2. The van der Waals surface area contributed by atoms with Crippen LogP contribution in [-0.4, -0.2) is 57.8 Å². The monoisotopic (exact) mass is 278 g/mol. The van der Waals surface area contributed by atoms with Gasteiger partial charge >= 0.3 is 0 Å². The van der Waals surface area contributed by atoms with Crippen LogP contribution in [0.25, 0.3) is 0 Å². The summed E-state index contributed by atoms with van der Waals surface area (Å²) in [5, 5.41) is 0. The Kier molecular flexibility index (Phi) is 6.09. The molecule has 0 saturated carbocycles. The molecular formula is C14H22N4O2. The molecule has 0 aliphatic carbocycles. The second-order valence-electron chi connectivity index (χ2n) is 4.21. The molecule has 0 N–H and O–H groups in total. The molecule has 0 spiro atoms. The number of aromatic nitrogens is 2. The molecule has 0 aromatic carbocycles. The number of hydrogen-bond acceptors (Lipinski definition) is 4. The zero-order valence-corrected chi connectivity index (χ0v) is 12.6. The molecule has 6 heteroatoms. The first kappa shape index (κ1) is 16.1. The van der Waals surface area contributed by atoms with E-state index >= 15 is 0 Å². The van der Waals surface area contributed by atoms with Crippen LogP contribution in [0.1, 0.15) is 48.7 Å². The first-order chi connectivity index (χ1) is 9.60. The molecule has 0 aliphatic rings. The van der Waals surface area contributed by atoms with Crippen molar-refractivity contribution < 1.29 is 9.59 Å². The van der Waals surface area contributed by atoms with Crippen LogP contribution in [0, 0.1) is 0 Å². The fourth-order valence-electron chi connectivity index (χ4n) is 1.97. The van der Waals surface area contributed by atoms with Crippen LogP contribution in [0.3, 0.4) is 0 Å². The Balaban J connectivity index is 3.17. The second kappa shape index (κ2) is 7.57. The van der Waals surface area contributed by atoms with Gasteiger partial charge in [-0.15, -0.1) is 0 Å². The van der Waals surface area contributed by atoms with Crippen molar-refractivity contribution in [2.75, 3.05) is 26.2 Å². The molecule has 2 amide bonds. The minimum atomic E-state index is -0.251. The molecule has 1 heterocycles. The number of carbonyl (C=O) groups is 2. The third-order valence-electron chi connectivity index (χ3n) is 3.20. The topological polar surface area (TPSA) is 66.4 Å². The van der Waals surface area contributed by atoms with Crippen LogP contribution >= 0.6 is 0 Å². The van der Waals surface area contributed by atoms with Crippen molar-refractivity contribution in [3.8, 4) is 0 Å². The van der Waals surface area contributed by atoms with Crippen molar-refractivity contribution in [1.82, 2.24) is 19.8 Å². The van der Waals surface area contributed by atoms with Crippen molar-refractivity contribution in [1.29, 1.82) is 0 Å². The van der Waals surface area contributed by atoms with Gasteiger partial charge in [-0.25, -0.2) is 9.97 Å². The molecule has 1 aromatic rings. The average molecular weight is 278 g/mol. The lowest BCUT2D eigenvalue weighted by molar-refractivity contribution is 0.0724. The fraction of sp³-hybridized carbons (Fsp3) is 0.571. The Morgan fingerprint density at radius 2 is 1.10 bits per heavy atom. The van der Waals surface area contributed by atoms with Crippen LogP contribution in [0.4, 0.5) is 0 Å². The molecule has 0 saturated heterocycles. The third kappa shape index (κ3) is 3.31. The summed E-state index contributed by atoms with van der Waals surface area (Å²) < 4.78 is 0. The van der Waals surface area contributed by atoms with Crippen LogP contribution in [0.15, 0.2) is 12.4 Å². The number of rotatable bonds is 6. The van der Waals surface area contributed by atoms with E-state index in [1.165, 1.54) is 12.4 Å². The zero-order chi connectivity index (χ0) is 15.1. The van der Waals surface area contributed by atoms with Crippen LogP contribution in [-0.2, 0) is 0 Å². The maximum absolute atomic E-state index is 12.4. The van der Waals surface area contributed by atoms with Crippen LogP contribution in [0.5, 0.6) is 0 Å². The van der Waals surface area contributed by atoms with Gasteiger partial charge < -0.3 is 9.80 Å². The summed E-state index contributed by atoms with van der Waals surface area (Å²) in [5.74, 6) is -0.503. The Bertz CT molecular complexity index is 425. The SMILES string of the molecule is CCN(CC)C(=O)c1nccnc1C(=O)N(CC)CC. The first-order valence-electron chi connectivity index (χ1n) is 7.00. The molecule has 1 aromatic heterocycles. The summed E-state index contributed by atoms with van der Waals surface area (Å²) in [6, 6.07) is 0. The van der Waals surface area contributed by atoms with Gasteiger partial charge in [0.05, 0.1) is 0 Å². The van der Waals surface area contributed by atoms with Gasteiger partial charge in [0.15, 0.2) is 11.4 Å². The molecule has 0 unspecified atom stereocenters. The number of nitrogens with zero attached hydrogens (tertiary/aromatic N) is 4. The van der Waals surface area contributed by atoms with Gasteiger partial charge in [0.2, 0.25) is 0 Å². The van der Waals surface area contributed by atoms with E-state index in [2.05, 4.69) is 9.97 Å². The Morgan fingerprint density at radius 1 is 0.800 bits per heavy atom. The van der Waals surface area contributed by atoms with E-state index < -0.39 is 0 Å². The molecule has 0 atom stereocenters. The predicted molar refractivity (Wildman–Crippen MR) is 76.5 cm³/mol. The summed E-state index contributed by atoms with van der Waals surface area (Å²) in [4.78, 5) is 36.2. The van der Waals surface area contributed by atoms with E-state index in [1.54, 1.807) is 9.80 Å². The van der Waals surface area contributed by atoms with Gasteiger partial charge in [-0.2, -0.15) is 0 Å². The van der Waals surface area contributed by atoms with Gasteiger partial charge in [0.25, 0.3) is 11.8 Å². The van der Waals surface area contributed by atoms with Crippen molar-refractivity contribution in [2.45, 2.75) is 27.7 Å². The lowest BCUT2D eigenvalue weighted by Crippen LogP contribution is -2.36. The van der Waals surface area contributed by atoms with Gasteiger partial charge in [-0.05, 0) is 27.7 Å². The quantitative estimate of drug-likeness (QED) is 0.789. The predicted octanol–water partition coefficient (Wildman–Crippen LogP) is 1.44. The highest BCUT2D eigenvalue weighted by Gasteiger charge is 2.25. The minimum absolute atomic E-state index is 0.133. The smallest absolute Gasteiger partial charge is 0.274 e. The maximum Gasteiger partial charge on any atom is 0.274 e. The molecule has 20 heavy (non-hydrogen) atoms. The highest BCUT2D eigenvalue weighted by atomic mass is 16.2. The molecule has 6 nitrogen and oxygen atoms in total. The lowest BCUT2D eigenvalue weighted by Gasteiger charge is -2.21. The molecule has 1 rings (SSSR count). The average Bonchev–Trinajstić information content (AvgIpc) is 2.49. The molecule has 0 bridgehead atoms. The summed E-state index contributed by atoms with van der Waals surface area (Å²) >= 11 is 0. The summed E-state index contributed by atoms with van der Waals surface area (Å²) in [5.41, 5.74) is 0.265. The van der Waals surface area contributed by atoms with Gasteiger partial charge in [-0.3, -0.25) is 9.59 Å². The van der Waals surface area contributed by atoms with E-state index in [9.17, 15) is 9.59 Å². The molecule has 110 valence electrons. The van der Waals surface area contributed by atoms with E-state index in [0.717, 1.165) is 0 Å². The molecule has 0 fully saturated rings. The van der Waals surface area contributed by atoms with Crippen LogP contribution < -0.4 is 0 Å². The highest BCUT2D eigenvalue weighted by Crippen LogP contribution is 2.09. The summed E-state index contributed by atoms with van der Waals surface area (Å²) in [6.45, 7) is 9.87. The van der Waals surface area contributed by atoms with Crippen molar-refractivity contribution in [3.05, 3.63) is 23.8 Å². The van der Waals surface area contributed by atoms with Gasteiger partial charge in [0, 0.05) is 38.6 Å². The van der Waals surface area contributed by atoms with E-state index in [4.69, 9.17) is 0 Å². The number of amides is 2. The zero-order valence-electron chi connectivity index (χ0n) is 12.6. The second-order valence-corrected chi connectivity index (χ2v) is 4.21. The molecule has 0 aliphatic heterocycles. The van der Waals surface area contributed by atoms with E-state index in [0.29, 0.717) is 26.2 Å². The minimum Gasteiger partial charge on any atom is -0.338 e. The largest absolute Gasteiger partial charge is 0.338 e. The van der Waals surface area contributed by atoms with Crippen molar-refractivity contribution in [2.24, 2.45) is 0 Å². The van der Waals surface area contributed by atoms with E-state index in [-0.39, 0.29) is 23.2 Å². The standard InChI is InChI=1S/C14H22N4O2/c1-5-17(6-2)13(19)11-12(16-10-9-15-11)14(20)18(7-3)8-4/h9-10H,5-8H2,1-4H3. The van der Waals surface area contributed by atoms with Gasteiger partial charge in [0.1, 0.15) is 0 Å². The highest BCUT2D eigenvalue weighted by molar-refractivity contribution is 6.04. The Labute approximate surface area is 119 Å². The normalized spacial score (nSPS) is 10.2. The fourth-order valence-corrected chi connectivity index (χ4v) is 1.97. The van der Waals surface area contributed by atoms with Crippen LogP contribution in [0.2, 0.25) is 0 Å². The maximum atomic E-state index is 12.4.